The molecule has 6 nitrogen and oxygen atoms in total. The molecule has 0 fully saturated rings. The highest BCUT2D eigenvalue weighted by Gasteiger charge is 2.10. The number of carboxylic acids is 1. The summed E-state index contributed by atoms with van der Waals surface area (Å²) >= 11 is 0. The molecule has 0 aliphatic carbocycles. The number of para-hydroxylation sites is 1. The summed E-state index contributed by atoms with van der Waals surface area (Å²) < 4.78 is 11.8. The predicted octanol–water partition coefficient (Wildman–Crippen LogP) is 10.6. The van der Waals surface area contributed by atoms with E-state index in [4.69, 9.17) is 9.47 Å². The SMILES string of the molecule is CCCCCCCCCCCCCCCCCCOc1cc(OCCCCCCc2cccc(O)c2O)cc(C(=O)O)c1. The molecule has 2 rings (SSSR count). The topological polar surface area (TPSA) is 96.2 Å². The third kappa shape index (κ3) is 17.1. The third-order valence-electron chi connectivity index (χ3n) is 8.10. The summed E-state index contributed by atoms with van der Waals surface area (Å²) in [5.74, 6) is -0.0407. The fourth-order valence-electron chi connectivity index (χ4n) is 5.44. The molecule has 43 heavy (non-hydrogen) atoms. The van der Waals surface area contributed by atoms with Gasteiger partial charge in [0, 0.05) is 6.07 Å². The zero-order chi connectivity index (χ0) is 31.0. The fourth-order valence-corrected chi connectivity index (χ4v) is 5.44. The second-order valence-corrected chi connectivity index (χ2v) is 11.9. The van der Waals surface area contributed by atoms with Gasteiger partial charge in [-0.2, -0.15) is 0 Å². The van der Waals surface area contributed by atoms with Crippen molar-refractivity contribution in [2.24, 2.45) is 0 Å². The molecular weight excluding hydrogens is 540 g/mol. The molecule has 0 heterocycles. The van der Waals surface area contributed by atoms with E-state index in [9.17, 15) is 20.1 Å². The molecule has 2 aromatic rings. The first kappa shape index (κ1) is 36.3. The number of unbranched alkanes of at least 4 members (excludes halogenated alkanes) is 18. The first-order valence-electron chi connectivity index (χ1n) is 17.1. The Bertz CT molecular complexity index is 1000. The number of benzene rings is 2. The van der Waals surface area contributed by atoms with Gasteiger partial charge in [-0.25, -0.2) is 4.79 Å². The molecule has 0 saturated heterocycles. The van der Waals surface area contributed by atoms with Gasteiger partial charge in [-0.05, 0) is 49.4 Å². The van der Waals surface area contributed by atoms with Crippen LogP contribution >= 0.6 is 0 Å². The molecule has 242 valence electrons. The lowest BCUT2D eigenvalue weighted by Crippen LogP contribution is -2.03. The van der Waals surface area contributed by atoms with Crippen LogP contribution in [0, 0.1) is 0 Å². The fraction of sp³-hybridized carbons (Fsp3) is 0.649. The monoisotopic (exact) mass is 598 g/mol. The number of carboxylic acid groups (broad SMARTS) is 1. The summed E-state index contributed by atoms with van der Waals surface area (Å²) in [6, 6.07) is 9.94. The Morgan fingerprint density at radius 3 is 1.51 bits per heavy atom. The van der Waals surface area contributed by atoms with Gasteiger partial charge in [-0.15, -0.1) is 0 Å². The van der Waals surface area contributed by atoms with Gasteiger partial charge in [0.1, 0.15) is 11.5 Å². The largest absolute Gasteiger partial charge is 0.504 e. The minimum Gasteiger partial charge on any atom is -0.504 e. The normalized spacial score (nSPS) is 11.1. The summed E-state index contributed by atoms with van der Waals surface area (Å²) in [4.78, 5) is 11.6. The van der Waals surface area contributed by atoms with Crippen molar-refractivity contribution in [3.63, 3.8) is 0 Å². The van der Waals surface area contributed by atoms with E-state index in [0.717, 1.165) is 44.1 Å². The van der Waals surface area contributed by atoms with Crippen molar-refractivity contribution in [2.45, 2.75) is 142 Å². The van der Waals surface area contributed by atoms with Crippen molar-refractivity contribution in [1.29, 1.82) is 0 Å². The lowest BCUT2D eigenvalue weighted by Gasteiger charge is -2.11. The summed E-state index contributed by atoms with van der Waals surface area (Å²) in [7, 11) is 0. The van der Waals surface area contributed by atoms with Crippen LogP contribution in [-0.2, 0) is 6.42 Å². The zero-order valence-corrected chi connectivity index (χ0v) is 26.8. The van der Waals surface area contributed by atoms with Gasteiger partial charge in [-0.1, -0.05) is 128 Å². The van der Waals surface area contributed by atoms with Crippen molar-refractivity contribution in [3.05, 3.63) is 47.5 Å². The smallest absolute Gasteiger partial charge is 0.335 e. The number of rotatable bonds is 27. The van der Waals surface area contributed by atoms with Gasteiger partial charge >= 0.3 is 5.97 Å². The van der Waals surface area contributed by atoms with Gasteiger partial charge in [0.05, 0.1) is 18.8 Å². The summed E-state index contributed by atoms with van der Waals surface area (Å²) in [6.45, 7) is 3.35. The van der Waals surface area contributed by atoms with Crippen molar-refractivity contribution in [3.8, 4) is 23.0 Å². The lowest BCUT2D eigenvalue weighted by atomic mass is 10.0. The molecule has 2 aromatic carbocycles. The molecule has 6 heteroatoms. The Labute approximate surface area is 260 Å². The molecule has 0 aliphatic heterocycles. The average molecular weight is 599 g/mol. The second kappa shape index (κ2) is 23.6. The van der Waals surface area contributed by atoms with Gasteiger partial charge in [0.15, 0.2) is 11.5 Å². The first-order chi connectivity index (χ1) is 21.0. The Morgan fingerprint density at radius 1 is 0.605 bits per heavy atom. The number of aromatic hydroxyl groups is 2. The highest BCUT2D eigenvalue weighted by atomic mass is 16.5. The highest BCUT2D eigenvalue weighted by Crippen LogP contribution is 2.29. The van der Waals surface area contributed by atoms with E-state index in [2.05, 4.69) is 6.92 Å². The van der Waals surface area contributed by atoms with E-state index in [1.165, 1.54) is 96.0 Å². The minimum absolute atomic E-state index is 0.0306. The molecule has 0 unspecified atom stereocenters. The van der Waals surface area contributed by atoms with E-state index in [1.807, 2.05) is 6.07 Å². The van der Waals surface area contributed by atoms with Crippen LogP contribution in [0.2, 0.25) is 0 Å². The number of phenolic OH excluding ortho intramolecular Hbond substituents is 2. The maximum absolute atomic E-state index is 11.6. The van der Waals surface area contributed by atoms with Crippen molar-refractivity contribution in [1.82, 2.24) is 0 Å². The minimum atomic E-state index is -0.993. The van der Waals surface area contributed by atoms with Gasteiger partial charge in [0.25, 0.3) is 0 Å². The quantitative estimate of drug-likeness (QED) is 0.0699. The van der Waals surface area contributed by atoms with Crippen LogP contribution < -0.4 is 9.47 Å². The van der Waals surface area contributed by atoms with E-state index in [0.29, 0.717) is 31.1 Å². The number of ether oxygens (including phenoxy) is 2. The number of hydrogen-bond donors (Lipinski definition) is 3. The predicted molar refractivity (Wildman–Crippen MR) is 176 cm³/mol. The van der Waals surface area contributed by atoms with E-state index >= 15 is 0 Å². The van der Waals surface area contributed by atoms with E-state index < -0.39 is 5.97 Å². The highest BCUT2D eigenvalue weighted by molar-refractivity contribution is 5.88. The number of phenols is 2. The van der Waals surface area contributed by atoms with Crippen LogP contribution in [0.4, 0.5) is 0 Å². The van der Waals surface area contributed by atoms with Crippen LogP contribution in [0.1, 0.15) is 151 Å². The maximum atomic E-state index is 11.6. The average Bonchev–Trinajstić information content (AvgIpc) is 3.00. The summed E-state index contributed by atoms with van der Waals surface area (Å²) in [5.41, 5.74) is 0.930. The molecule has 0 aliphatic rings. The molecule has 0 atom stereocenters. The van der Waals surface area contributed by atoms with Crippen molar-refractivity contribution < 1.29 is 29.6 Å². The van der Waals surface area contributed by atoms with Crippen LogP contribution in [0.25, 0.3) is 0 Å². The van der Waals surface area contributed by atoms with Gasteiger partial charge < -0.3 is 24.8 Å². The van der Waals surface area contributed by atoms with Gasteiger partial charge in [0.2, 0.25) is 0 Å². The maximum Gasteiger partial charge on any atom is 0.335 e. The Hall–Kier alpha value is -2.89. The van der Waals surface area contributed by atoms with Crippen LogP contribution in [0.5, 0.6) is 23.0 Å². The molecular formula is C37H58O6. The molecule has 3 N–H and O–H groups in total. The number of carbonyl (C=O) groups is 1. The molecule has 0 spiro atoms. The standard InChI is InChI=1S/C37H58O6/c1-2-3-4-5-6-7-8-9-10-11-12-13-14-15-17-20-26-42-33-28-32(37(40)41)29-34(30-33)43-27-21-18-16-19-23-31-24-22-25-35(38)36(31)39/h22,24-25,28-30,38-39H,2-21,23,26-27H2,1H3,(H,40,41). The van der Waals surface area contributed by atoms with E-state index in [-0.39, 0.29) is 17.1 Å². The number of aryl methyl sites for hydroxylation is 1. The van der Waals surface area contributed by atoms with Crippen LogP contribution in [0.3, 0.4) is 0 Å². The molecule has 0 saturated carbocycles. The second-order valence-electron chi connectivity index (χ2n) is 11.9. The van der Waals surface area contributed by atoms with Crippen LogP contribution in [-0.4, -0.2) is 34.5 Å². The van der Waals surface area contributed by atoms with Gasteiger partial charge in [-0.3, -0.25) is 0 Å². The molecule has 0 radical (unpaired) electrons. The Kier molecular flexibility index (Phi) is 19.9. The van der Waals surface area contributed by atoms with Crippen molar-refractivity contribution >= 4 is 5.97 Å². The zero-order valence-electron chi connectivity index (χ0n) is 26.8. The third-order valence-corrected chi connectivity index (χ3v) is 8.10. The summed E-state index contributed by atoms with van der Waals surface area (Å²) in [5, 5.41) is 29.0. The van der Waals surface area contributed by atoms with Crippen molar-refractivity contribution in [2.75, 3.05) is 13.2 Å². The van der Waals surface area contributed by atoms with E-state index in [1.54, 1.807) is 24.3 Å². The Balaban J connectivity index is 1.50. The summed E-state index contributed by atoms with van der Waals surface area (Å²) in [6.07, 6.45) is 25.6. The number of hydrogen-bond acceptors (Lipinski definition) is 5. The van der Waals surface area contributed by atoms with Crippen LogP contribution in [0.15, 0.2) is 36.4 Å². The lowest BCUT2D eigenvalue weighted by molar-refractivity contribution is 0.0695. The Morgan fingerprint density at radius 2 is 1.05 bits per heavy atom. The first-order valence-corrected chi connectivity index (χ1v) is 17.1. The molecule has 0 bridgehead atoms. The number of aromatic carboxylic acids is 1. The molecule has 0 amide bonds. The molecule has 0 aromatic heterocycles.